The fourth-order valence-electron chi connectivity index (χ4n) is 5.71. The predicted molar refractivity (Wildman–Crippen MR) is 179 cm³/mol. The predicted octanol–water partition coefficient (Wildman–Crippen LogP) is 11.6. The smallest absolute Gasteiger partial charge is 0.0357 e. The molecule has 0 radical (unpaired) electrons. The molecule has 0 N–H and O–H groups in total. The summed E-state index contributed by atoms with van der Waals surface area (Å²) < 4.78 is 0. The molecule has 2 rings (SSSR count). The SMILES string of the molecule is CC1=C(/C=C/C(C)=C/C#C/C(C)=C/C=C\C=C(\C)CC#CC(C)/C=C/C2=C(C)CCCC2(C)C)C(C)(C)CCC1. The third kappa shape index (κ3) is 11.3. The second-order valence-electron chi connectivity index (χ2n) is 13.2. The third-order valence-electron chi connectivity index (χ3n) is 8.25. The third-order valence-corrected chi connectivity index (χ3v) is 8.25. The average molecular weight is 535 g/mol. The van der Waals surface area contributed by atoms with E-state index in [0.29, 0.717) is 0 Å². The molecule has 0 fully saturated rings. The maximum absolute atomic E-state index is 3.40. The highest BCUT2D eigenvalue weighted by Gasteiger charge is 2.27. The van der Waals surface area contributed by atoms with Crippen molar-refractivity contribution in [3.63, 3.8) is 0 Å². The molecule has 0 aromatic rings. The van der Waals surface area contributed by atoms with E-state index in [4.69, 9.17) is 0 Å². The fourth-order valence-corrected chi connectivity index (χ4v) is 5.71. The van der Waals surface area contributed by atoms with Crippen LogP contribution in [0.4, 0.5) is 0 Å². The molecule has 0 aromatic heterocycles. The first-order valence-electron chi connectivity index (χ1n) is 15.3. The van der Waals surface area contributed by atoms with Gasteiger partial charge in [-0.2, -0.15) is 0 Å². The van der Waals surface area contributed by atoms with E-state index in [9.17, 15) is 0 Å². The number of hydrogen-bond acceptors (Lipinski definition) is 0. The molecule has 0 aromatic carbocycles. The van der Waals surface area contributed by atoms with Gasteiger partial charge in [0.15, 0.2) is 0 Å². The maximum Gasteiger partial charge on any atom is 0.0357 e. The molecule has 0 bridgehead atoms. The summed E-state index contributed by atoms with van der Waals surface area (Å²) in [6, 6.07) is 0. The Labute approximate surface area is 247 Å². The first kappa shape index (κ1) is 33.2. The minimum absolute atomic E-state index is 0.263. The molecule has 0 nitrogen and oxygen atoms in total. The van der Waals surface area contributed by atoms with E-state index >= 15 is 0 Å². The Kier molecular flexibility index (Phi) is 13.1. The van der Waals surface area contributed by atoms with Crippen LogP contribution in [0.25, 0.3) is 0 Å². The van der Waals surface area contributed by atoms with Gasteiger partial charge in [-0.05, 0) is 119 Å². The van der Waals surface area contributed by atoms with E-state index in [1.807, 2.05) is 6.08 Å². The fraction of sp³-hybridized carbons (Fsp3) is 0.500. The summed E-state index contributed by atoms with van der Waals surface area (Å²) in [4.78, 5) is 0. The lowest BCUT2D eigenvalue weighted by atomic mass is 9.72. The molecule has 40 heavy (non-hydrogen) atoms. The van der Waals surface area contributed by atoms with Crippen molar-refractivity contribution in [3.8, 4) is 23.7 Å². The summed E-state index contributed by atoms with van der Waals surface area (Å²) in [5.41, 5.74) is 10.1. The zero-order valence-corrected chi connectivity index (χ0v) is 27.2. The zero-order valence-electron chi connectivity index (χ0n) is 27.2. The van der Waals surface area contributed by atoms with Crippen LogP contribution in [0, 0.1) is 40.4 Å². The lowest BCUT2D eigenvalue weighted by Gasteiger charge is -2.33. The molecule has 0 saturated heterocycles. The second-order valence-corrected chi connectivity index (χ2v) is 13.2. The van der Waals surface area contributed by atoms with Crippen LogP contribution < -0.4 is 0 Å². The van der Waals surface area contributed by atoms with Crippen molar-refractivity contribution in [2.24, 2.45) is 16.7 Å². The van der Waals surface area contributed by atoms with Gasteiger partial charge in [0, 0.05) is 12.3 Å². The van der Waals surface area contributed by atoms with E-state index in [0.717, 1.165) is 12.0 Å². The van der Waals surface area contributed by atoms with E-state index in [1.165, 1.54) is 66.4 Å². The number of rotatable bonds is 7. The van der Waals surface area contributed by atoms with Crippen molar-refractivity contribution < 1.29 is 0 Å². The molecule has 0 heteroatoms. The van der Waals surface area contributed by atoms with E-state index in [2.05, 4.69) is 142 Å². The highest BCUT2D eigenvalue weighted by atomic mass is 14.3. The maximum atomic E-state index is 3.40. The van der Waals surface area contributed by atoms with E-state index < -0.39 is 0 Å². The molecule has 0 spiro atoms. The van der Waals surface area contributed by atoms with Crippen molar-refractivity contribution in [2.45, 2.75) is 114 Å². The van der Waals surface area contributed by atoms with Gasteiger partial charge in [0.1, 0.15) is 0 Å². The molecule has 0 saturated carbocycles. The first-order chi connectivity index (χ1) is 18.8. The summed E-state index contributed by atoms with van der Waals surface area (Å²) in [7, 11) is 0. The minimum Gasteiger partial charge on any atom is -0.0983 e. The molecular weight excluding hydrogens is 480 g/mol. The molecular formula is C40H54. The van der Waals surface area contributed by atoms with Crippen LogP contribution in [0.3, 0.4) is 0 Å². The van der Waals surface area contributed by atoms with Crippen LogP contribution in [-0.4, -0.2) is 0 Å². The molecule has 214 valence electrons. The van der Waals surface area contributed by atoms with Gasteiger partial charge >= 0.3 is 0 Å². The Bertz CT molecular complexity index is 1260. The van der Waals surface area contributed by atoms with Crippen molar-refractivity contribution >= 4 is 0 Å². The van der Waals surface area contributed by atoms with Crippen LogP contribution in [0.15, 0.2) is 93.7 Å². The lowest BCUT2D eigenvalue weighted by Crippen LogP contribution is -2.19. The van der Waals surface area contributed by atoms with E-state index in [1.54, 1.807) is 5.57 Å². The molecule has 0 heterocycles. The van der Waals surface area contributed by atoms with Crippen molar-refractivity contribution in [1.82, 2.24) is 0 Å². The normalized spacial score (nSPS) is 21.1. The van der Waals surface area contributed by atoms with Gasteiger partial charge in [-0.15, -0.1) is 0 Å². The van der Waals surface area contributed by atoms with Crippen molar-refractivity contribution in [2.75, 3.05) is 0 Å². The largest absolute Gasteiger partial charge is 0.0983 e. The monoisotopic (exact) mass is 534 g/mol. The Balaban J connectivity index is 1.87. The Morgan fingerprint density at radius 1 is 0.850 bits per heavy atom. The topological polar surface area (TPSA) is 0 Å². The zero-order chi connectivity index (χ0) is 29.8. The molecule has 2 aliphatic rings. The lowest BCUT2D eigenvalue weighted by molar-refractivity contribution is 0.376. The van der Waals surface area contributed by atoms with Crippen LogP contribution in [0.5, 0.6) is 0 Å². The van der Waals surface area contributed by atoms with Gasteiger partial charge < -0.3 is 0 Å². The van der Waals surface area contributed by atoms with Gasteiger partial charge in [0.05, 0.1) is 0 Å². The van der Waals surface area contributed by atoms with Crippen LogP contribution >= 0.6 is 0 Å². The van der Waals surface area contributed by atoms with Crippen LogP contribution in [-0.2, 0) is 0 Å². The highest BCUT2D eigenvalue weighted by molar-refractivity contribution is 5.40. The molecule has 0 aliphatic heterocycles. The number of hydrogen-bond donors (Lipinski definition) is 0. The van der Waals surface area contributed by atoms with Crippen LogP contribution in [0.2, 0.25) is 0 Å². The first-order valence-corrected chi connectivity index (χ1v) is 15.3. The molecule has 2 aliphatic carbocycles. The average Bonchev–Trinajstić information content (AvgIpc) is 2.85. The summed E-state index contributed by atoms with van der Waals surface area (Å²) in [5.74, 6) is 13.5. The van der Waals surface area contributed by atoms with Gasteiger partial charge in [-0.3, -0.25) is 0 Å². The van der Waals surface area contributed by atoms with E-state index in [-0.39, 0.29) is 16.7 Å². The van der Waals surface area contributed by atoms with Crippen molar-refractivity contribution in [1.29, 1.82) is 0 Å². The summed E-state index contributed by atoms with van der Waals surface area (Å²) in [5, 5.41) is 0. The molecule has 1 atom stereocenters. The Morgan fingerprint density at radius 2 is 1.43 bits per heavy atom. The summed E-state index contributed by atoms with van der Waals surface area (Å²) in [6.45, 7) is 22.5. The van der Waals surface area contributed by atoms with Gasteiger partial charge in [0.25, 0.3) is 0 Å². The molecule has 1 unspecified atom stereocenters. The molecule has 0 amide bonds. The summed E-state index contributed by atoms with van der Waals surface area (Å²) >= 11 is 0. The van der Waals surface area contributed by atoms with Crippen molar-refractivity contribution in [3.05, 3.63) is 93.7 Å². The Morgan fingerprint density at radius 3 is 2.02 bits per heavy atom. The Hall–Kier alpha value is -2.96. The highest BCUT2D eigenvalue weighted by Crippen LogP contribution is 2.41. The quantitative estimate of drug-likeness (QED) is 0.225. The second kappa shape index (κ2) is 15.7. The van der Waals surface area contributed by atoms with Gasteiger partial charge in [0.2, 0.25) is 0 Å². The summed E-state index contributed by atoms with van der Waals surface area (Å²) in [6.07, 6.45) is 27.9. The minimum atomic E-state index is 0.263. The van der Waals surface area contributed by atoms with Crippen LogP contribution in [0.1, 0.15) is 114 Å². The van der Waals surface area contributed by atoms with Gasteiger partial charge in [-0.25, -0.2) is 0 Å². The van der Waals surface area contributed by atoms with Gasteiger partial charge in [-0.1, -0.05) is 117 Å². The number of allylic oxidation sites excluding steroid dienone is 16. The standard InChI is InChI=1S/C40H54/c1-31(19-13-21-33(3)25-27-37-35(5)23-15-29-39(37,7)8)17-11-12-18-32(2)20-14-22-34(4)26-28-38-36(6)24-16-30-40(38,9)10/h11-12,17-18,22,25-28,33H,15-16,19,23-24,29-30H2,1-10H3/b12-11-,27-25+,28-26+,31-17-,32-18+,34-22+.